The molecular formula is C15H17NO5. The second-order valence-electron chi connectivity index (χ2n) is 5.15. The van der Waals surface area contributed by atoms with Crippen LogP contribution in [0.4, 0.5) is 5.69 Å². The largest absolute Gasteiger partial charge is 0.482 e. The first-order valence-corrected chi connectivity index (χ1v) is 6.74. The number of ether oxygens (including phenoxy) is 1. The molecule has 6 nitrogen and oxygen atoms in total. The molecule has 0 fully saturated rings. The van der Waals surface area contributed by atoms with Crippen LogP contribution < -0.4 is 9.64 Å². The molecule has 0 radical (unpaired) electrons. The van der Waals surface area contributed by atoms with Crippen LogP contribution in [0.2, 0.25) is 0 Å². The summed E-state index contributed by atoms with van der Waals surface area (Å²) in [5.41, 5.74) is 0.946. The maximum absolute atomic E-state index is 12.0. The third-order valence-corrected chi connectivity index (χ3v) is 3.24. The lowest BCUT2D eigenvalue weighted by Crippen LogP contribution is -2.43. The van der Waals surface area contributed by atoms with Gasteiger partial charge in [-0.15, -0.1) is 0 Å². The maximum Gasteiger partial charge on any atom is 0.303 e. The Morgan fingerprint density at radius 2 is 2.05 bits per heavy atom. The molecular weight excluding hydrogens is 274 g/mol. The van der Waals surface area contributed by atoms with Crippen LogP contribution in [-0.4, -0.2) is 35.4 Å². The van der Waals surface area contributed by atoms with Crippen molar-refractivity contribution in [3.63, 3.8) is 0 Å². The highest BCUT2D eigenvalue weighted by molar-refractivity contribution is 6.02. The quantitative estimate of drug-likeness (QED) is 0.837. The zero-order valence-electron chi connectivity index (χ0n) is 12.0. The number of carbonyl (C=O) groups excluding carboxylic acids is 2. The molecule has 0 saturated carbocycles. The number of carboxylic acid groups (broad SMARTS) is 1. The highest BCUT2D eigenvalue weighted by Crippen LogP contribution is 2.34. The molecule has 0 atom stereocenters. The fourth-order valence-electron chi connectivity index (χ4n) is 2.28. The van der Waals surface area contributed by atoms with Crippen molar-refractivity contribution in [3.05, 3.63) is 23.8 Å². The number of amides is 1. The zero-order valence-corrected chi connectivity index (χ0v) is 12.0. The summed E-state index contributed by atoms with van der Waals surface area (Å²) in [6, 6.07) is 4.78. The van der Waals surface area contributed by atoms with Gasteiger partial charge in [-0.05, 0) is 32.0 Å². The number of carbonyl (C=O) groups is 3. The third-order valence-electron chi connectivity index (χ3n) is 3.24. The Bertz CT molecular complexity index is 594. The van der Waals surface area contributed by atoms with Gasteiger partial charge in [-0.1, -0.05) is 0 Å². The number of nitrogens with zero attached hydrogens (tertiary/aromatic N) is 1. The fourth-order valence-corrected chi connectivity index (χ4v) is 2.28. The van der Waals surface area contributed by atoms with Crippen LogP contribution in [0.3, 0.4) is 0 Å². The van der Waals surface area contributed by atoms with E-state index < -0.39 is 5.97 Å². The number of ketones is 1. The van der Waals surface area contributed by atoms with E-state index in [0.717, 1.165) is 0 Å². The summed E-state index contributed by atoms with van der Waals surface area (Å²) in [5, 5.41) is 8.63. The SMILES string of the molecule is CC(C)N1C(=O)COc2ccc(C(=O)CCC(=O)O)cc21. The number of hydrogen-bond donors (Lipinski definition) is 1. The standard InChI is InChI=1S/C15H17NO5/c1-9(2)16-11-7-10(12(17)4-6-15(19)20)3-5-13(11)21-8-14(16)18/h3,5,7,9H,4,6,8H2,1-2H3,(H,19,20). The smallest absolute Gasteiger partial charge is 0.303 e. The second kappa shape index (κ2) is 5.95. The van der Waals surface area contributed by atoms with Crippen molar-refractivity contribution < 1.29 is 24.2 Å². The van der Waals surface area contributed by atoms with E-state index in [9.17, 15) is 14.4 Å². The minimum atomic E-state index is -1.01. The monoisotopic (exact) mass is 291 g/mol. The average Bonchev–Trinajstić information content (AvgIpc) is 2.43. The first-order chi connectivity index (χ1) is 9.90. The lowest BCUT2D eigenvalue weighted by atomic mass is 10.0. The molecule has 0 aromatic heterocycles. The normalized spacial score (nSPS) is 13.9. The van der Waals surface area contributed by atoms with Crippen LogP contribution in [0, 0.1) is 0 Å². The van der Waals surface area contributed by atoms with Crippen LogP contribution in [0.1, 0.15) is 37.0 Å². The molecule has 1 heterocycles. The lowest BCUT2D eigenvalue weighted by molar-refractivity contribution is -0.137. The molecule has 112 valence electrons. The van der Waals surface area contributed by atoms with Gasteiger partial charge in [0.15, 0.2) is 12.4 Å². The van der Waals surface area contributed by atoms with E-state index >= 15 is 0 Å². The minimum absolute atomic E-state index is 0.0164. The number of anilines is 1. The summed E-state index contributed by atoms with van der Waals surface area (Å²) in [4.78, 5) is 36.0. The van der Waals surface area contributed by atoms with Crippen molar-refractivity contribution in [1.29, 1.82) is 0 Å². The Labute approximate surface area is 122 Å². The molecule has 0 aliphatic carbocycles. The number of carboxylic acids is 1. The second-order valence-corrected chi connectivity index (χ2v) is 5.15. The minimum Gasteiger partial charge on any atom is -0.482 e. The van der Waals surface area contributed by atoms with Crippen LogP contribution >= 0.6 is 0 Å². The Morgan fingerprint density at radius 3 is 2.67 bits per heavy atom. The molecule has 1 N–H and O–H groups in total. The molecule has 6 heteroatoms. The van der Waals surface area contributed by atoms with Gasteiger partial charge in [0.05, 0.1) is 12.1 Å². The molecule has 21 heavy (non-hydrogen) atoms. The summed E-state index contributed by atoms with van der Waals surface area (Å²) in [6.07, 6.45) is -0.274. The molecule has 0 spiro atoms. The summed E-state index contributed by atoms with van der Waals surface area (Å²) < 4.78 is 5.35. The van der Waals surface area contributed by atoms with E-state index in [4.69, 9.17) is 9.84 Å². The van der Waals surface area contributed by atoms with Gasteiger partial charge in [0.1, 0.15) is 5.75 Å². The van der Waals surface area contributed by atoms with E-state index in [1.807, 2.05) is 13.8 Å². The van der Waals surface area contributed by atoms with E-state index in [-0.39, 0.29) is 37.2 Å². The Balaban J connectivity index is 2.30. The van der Waals surface area contributed by atoms with E-state index in [1.54, 1.807) is 23.1 Å². The number of hydrogen-bond acceptors (Lipinski definition) is 4. The van der Waals surface area contributed by atoms with E-state index in [0.29, 0.717) is 17.0 Å². The lowest BCUT2D eigenvalue weighted by Gasteiger charge is -2.32. The van der Waals surface area contributed by atoms with Crippen molar-refractivity contribution in [2.45, 2.75) is 32.7 Å². The molecule has 0 saturated heterocycles. The predicted molar refractivity (Wildman–Crippen MR) is 75.8 cm³/mol. The first kappa shape index (κ1) is 15.0. The summed E-state index contributed by atoms with van der Waals surface area (Å²) >= 11 is 0. The van der Waals surface area contributed by atoms with Gasteiger partial charge in [-0.3, -0.25) is 14.4 Å². The van der Waals surface area contributed by atoms with Crippen molar-refractivity contribution in [1.82, 2.24) is 0 Å². The van der Waals surface area contributed by atoms with Crippen molar-refractivity contribution in [2.75, 3.05) is 11.5 Å². The van der Waals surface area contributed by atoms with Gasteiger partial charge in [-0.25, -0.2) is 0 Å². The van der Waals surface area contributed by atoms with E-state index in [2.05, 4.69) is 0 Å². The Kier molecular flexibility index (Phi) is 4.26. The van der Waals surface area contributed by atoms with Gasteiger partial charge in [0.2, 0.25) is 0 Å². The molecule has 2 rings (SSSR count). The number of aliphatic carboxylic acids is 1. The Morgan fingerprint density at radius 1 is 1.33 bits per heavy atom. The number of Topliss-reactive ketones (excluding diaryl/α,β-unsaturated/α-hetero) is 1. The van der Waals surface area contributed by atoms with Gasteiger partial charge in [0, 0.05) is 18.0 Å². The molecule has 0 bridgehead atoms. The van der Waals surface area contributed by atoms with Crippen LogP contribution in [0.5, 0.6) is 5.75 Å². The zero-order chi connectivity index (χ0) is 15.6. The van der Waals surface area contributed by atoms with Crippen LogP contribution in [-0.2, 0) is 9.59 Å². The Hall–Kier alpha value is -2.37. The third kappa shape index (κ3) is 3.21. The van der Waals surface area contributed by atoms with Gasteiger partial charge >= 0.3 is 5.97 Å². The predicted octanol–water partition coefficient (Wildman–Crippen LogP) is 1.87. The number of benzene rings is 1. The van der Waals surface area contributed by atoms with Crippen molar-refractivity contribution in [2.24, 2.45) is 0 Å². The topological polar surface area (TPSA) is 83.9 Å². The number of rotatable bonds is 5. The highest BCUT2D eigenvalue weighted by Gasteiger charge is 2.28. The summed E-state index contributed by atoms with van der Waals surface area (Å²) in [7, 11) is 0. The van der Waals surface area contributed by atoms with Crippen molar-refractivity contribution in [3.8, 4) is 5.75 Å². The average molecular weight is 291 g/mol. The molecule has 0 unspecified atom stereocenters. The molecule has 1 aliphatic rings. The molecule has 1 amide bonds. The van der Waals surface area contributed by atoms with Gasteiger partial charge in [0.25, 0.3) is 5.91 Å². The van der Waals surface area contributed by atoms with Crippen LogP contribution in [0.25, 0.3) is 0 Å². The number of fused-ring (bicyclic) bond motifs is 1. The van der Waals surface area contributed by atoms with Gasteiger partial charge < -0.3 is 14.7 Å². The van der Waals surface area contributed by atoms with Crippen molar-refractivity contribution >= 4 is 23.3 Å². The molecule has 1 aromatic rings. The van der Waals surface area contributed by atoms with Crippen LogP contribution in [0.15, 0.2) is 18.2 Å². The summed E-state index contributed by atoms with van der Waals surface area (Å²) in [6.45, 7) is 3.75. The first-order valence-electron chi connectivity index (χ1n) is 6.74. The summed E-state index contributed by atoms with van der Waals surface area (Å²) in [5.74, 6) is -0.878. The van der Waals surface area contributed by atoms with Gasteiger partial charge in [-0.2, -0.15) is 0 Å². The fraction of sp³-hybridized carbons (Fsp3) is 0.400. The molecule has 1 aromatic carbocycles. The maximum atomic E-state index is 12.0. The highest BCUT2D eigenvalue weighted by atomic mass is 16.5. The van der Waals surface area contributed by atoms with E-state index in [1.165, 1.54) is 0 Å². The molecule has 1 aliphatic heterocycles.